The Labute approximate surface area is 193 Å². The number of carboxylic acids is 1. The van der Waals surface area contributed by atoms with E-state index in [0.717, 1.165) is 31.4 Å². The molecule has 0 spiro atoms. The SMILES string of the molecule is Cc1nocc1C(=O)N1CCC2OCCCC2(COCc2ccncc2)C1.O=C(O)C(F)(F)F. The molecule has 2 aliphatic rings. The molecule has 2 atom stereocenters. The van der Waals surface area contributed by atoms with Gasteiger partial charge >= 0.3 is 12.1 Å². The Kier molecular flexibility index (Phi) is 8.26. The van der Waals surface area contributed by atoms with Crippen molar-refractivity contribution in [2.75, 3.05) is 26.3 Å². The number of nitrogens with zero attached hydrogens (tertiary/aromatic N) is 3. The topological polar surface area (TPSA) is 115 Å². The zero-order valence-electron chi connectivity index (χ0n) is 18.6. The normalized spacial score (nSPS) is 22.4. The first-order valence-electron chi connectivity index (χ1n) is 10.7. The van der Waals surface area contributed by atoms with Gasteiger partial charge in [0, 0.05) is 37.5 Å². The number of aromatic nitrogens is 2. The van der Waals surface area contributed by atoms with Gasteiger partial charge in [-0.15, -0.1) is 0 Å². The highest BCUT2D eigenvalue weighted by Gasteiger charge is 2.47. The number of hydrogen-bond acceptors (Lipinski definition) is 7. The van der Waals surface area contributed by atoms with E-state index in [-0.39, 0.29) is 17.4 Å². The number of ether oxygens (including phenoxy) is 2. The molecular formula is C22H26F3N3O6. The average Bonchev–Trinajstić information content (AvgIpc) is 3.24. The summed E-state index contributed by atoms with van der Waals surface area (Å²) >= 11 is 0. The first-order chi connectivity index (χ1) is 16.1. The molecular weight excluding hydrogens is 459 g/mol. The number of aliphatic carboxylic acids is 1. The van der Waals surface area contributed by atoms with E-state index in [9.17, 15) is 18.0 Å². The highest BCUT2D eigenvalue weighted by atomic mass is 19.4. The van der Waals surface area contributed by atoms with E-state index in [0.29, 0.717) is 37.6 Å². The minimum absolute atomic E-state index is 0.0220. The van der Waals surface area contributed by atoms with Gasteiger partial charge in [-0.1, -0.05) is 5.16 Å². The van der Waals surface area contributed by atoms with Crippen LogP contribution in [0, 0.1) is 12.3 Å². The summed E-state index contributed by atoms with van der Waals surface area (Å²) in [5.74, 6) is -2.78. The Hall–Kier alpha value is -2.99. The summed E-state index contributed by atoms with van der Waals surface area (Å²) < 4.78 is 48.8. The number of carboxylic acid groups (broad SMARTS) is 1. The molecule has 0 radical (unpaired) electrons. The Bertz CT molecular complexity index is 968. The number of halogens is 3. The maximum atomic E-state index is 12.9. The minimum Gasteiger partial charge on any atom is -0.475 e. The number of piperidine rings is 1. The number of carbonyl (C=O) groups is 2. The lowest BCUT2D eigenvalue weighted by atomic mass is 9.73. The molecule has 2 saturated heterocycles. The van der Waals surface area contributed by atoms with Crippen LogP contribution in [0.3, 0.4) is 0 Å². The van der Waals surface area contributed by atoms with Crippen LogP contribution in [-0.2, 0) is 20.9 Å². The molecule has 0 saturated carbocycles. The largest absolute Gasteiger partial charge is 0.490 e. The molecule has 2 aromatic heterocycles. The van der Waals surface area contributed by atoms with Crippen molar-refractivity contribution in [1.82, 2.24) is 15.0 Å². The van der Waals surface area contributed by atoms with E-state index in [2.05, 4.69) is 10.1 Å². The maximum Gasteiger partial charge on any atom is 0.490 e. The Morgan fingerprint density at radius 3 is 2.65 bits per heavy atom. The van der Waals surface area contributed by atoms with Crippen LogP contribution in [-0.4, -0.2) is 70.6 Å². The zero-order valence-corrected chi connectivity index (χ0v) is 18.6. The molecule has 9 nitrogen and oxygen atoms in total. The van der Waals surface area contributed by atoms with E-state index in [4.69, 9.17) is 23.9 Å². The van der Waals surface area contributed by atoms with Crippen molar-refractivity contribution in [3.63, 3.8) is 0 Å². The van der Waals surface area contributed by atoms with E-state index >= 15 is 0 Å². The van der Waals surface area contributed by atoms with Gasteiger partial charge in [-0.05, 0) is 43.9 Å². The van der Waals surface area contributed by atoms with Crippen LogP contribution in [0.1, 0.15) is 40.9 Å². The first-order valence-corrected chi connectivity index (χ1v) is 10.7. The van der Waals surface area contributed by atoms with Crippen molar-refractivity contribution in [3.05, 3.63) is 47.6 Å². The van der Waals surface area contributed by atoms with Crippen LogP contribution in [0.2, 0.25) is 0 Å². The summed E-state index contributed by atoms with van der Waals surface area (Å²) in [5.41, 5.74) is 2.10. The molecule has 2 unspecified atom stereocenters. The third kappa shape index (κ3) is 6.32. The van der Waals surface area contributed by atoms with Gasteiger partial charge in [0.2, 0.25) is 0 Å². The van der Waals surface area contributed by atoms with Gasteiger partial charge in [0.25, 0.3) is 5.91 Å². The average molecular weight is 485 g/mol. The second-order valence-electron chi connectivity index (χ2n) is 8.31. The summed E-state index contributed by atoms with van der Waals surface area (Å²) in [6.45, 7) is 5.01. The summed E-state index contributed by atoms with van der Waals surface area (Å²) in [6.07, 6.45) is 2.85. The van der Waals surface area contributed by atoms with E-state index in [1.54, 1.807) is 19.3 Å². The lowest BCUT2D eigenvalue weighted by Gasteiger charge is -2.50. The number of carbonyl (C=O) groups excluding carboxylic acids is 1. The van der Waals surface area contributed by atoms with Crippen molar-refractivity contribution in [2.24, 2.45) is 5.41 Å². The summed E-state index contributed by atoms with van der Waals surface area (Å²) in [4.78, 5) is 27.8. The Balaban J connectivity index is 0.000000406. The number of likely N-dealkylation sites (tertiary alicyclic amines) is 1. The fraction of sp³-hybridized carbons (Fsp3) is 0.545. The van der Waals surface area contributed by atoms with Crippen molar-refractivity contribution < 1.29 is 41.9 Å². The van der Waals surface area contributed by atoms with Crippen LogP contribution in [0.15, 0.2) is 35.3 Å². The van der Waals surface area contributed by atoms with Gasteiger partial charge < -0.3 is 24.0 Å². The summed E-state index contributed by atoms with van der Waals surface area (Å²) in [5, 5.41) is 11.0. The molecule has 4 heterocycles. The van der Waals surface area contributed by atoms with Crippen LogP contribution in [0.25, 0.3) is 0 Å². The number of rotatable bonds is 5. The number of pyridine rings is 1. The van der Waals surface area contributed by atoms with Crippen LogP contribution < -0.4 is 0 Å². The van der Waals surface area contributed by atoms with Crippen LogP contribution >= 0.6 is 0 Å². The van der Waals surface area contributed by atoms with Crippen molar-refractivity contribution in [3.8, 4) is 0 Å². The molecule has 0 bridgehead atoms. The fourth-order valence-electron chi connectivity index (χ4n) is 4.19. The van der Waals surface area contributed by atoms with Crippen LogP contribution in [0.4, 0.5) is 13.2 Å². The van der Waals surface area contributed by atoms with Gasteiger partial charge in [-0.3, -0.25) is 9.78 Å². The lowest BCUT2D eigenvalue weighted by molar-refractivity contribution is -0.192. The summed E-state index contributed by atoms with van der Waals surface area (Å²) in [6, 6.07) is 3.91. The molecule has 0 aromatic carbocycles. The molecule has 2 fully saturated rings. The number of amides is 1. The second kappa shape index (κ2) is 11.0. The molecule has 2 aliphatic heterocycles. The quantitative estimate of drug-likeness (QED) is 0.687. The first kappa shape index (κ1) is 25.6. The van der Waals surface area contributed by atoms with E-state index in [1.807, 2.05) is 17.0 Å². The van der Waals surface area contributed by atoms with E-state index in [1.165, 1.54) is 6.26 Å². The second-order valence-corrected chi connectivity index (χ2v) is 8.31. The molecule has 2 aromatic rings. The van der Waals surface area contributed by atoms with Gasteiger partial charge in [0.1, 0.15) is 11.8 Å². The van der Waals surface area contributed by atoms with Crippen molar-refractivity contribution in [1.29, 1.82) is 0 Å². The Morgan fingerprint density at radius 1 is 1.32 bits per heavy atom. The number of aryl methyl sites for hydroxylation is 1. The maximum absolute atomic E-state index is 12.9. The monoisotopic (exact) mass is 485 g/mol. The van der Waals surface area contributed by atoms with Gasteiger partial charge in [-0.25, -0.2) is 4.79 Å². The fourth-order valence-corrected chi connectivity index (χ4v) is 4.19. The summed E-state index contributed by atoms with van der Waals surface area (Å²) in [7, 11) is 0. The molecule has 4 rings (SSSR count). The highest BCUT2D eigenvalue weighted by Crippen LogP contribution is 2.41. The van der Waals surface area contributed by atoms with Crippen LogP contribution in [0.5, 0.6) is 0 Å². The lowest BCUT2D eigenvalue weighted by Crippen LogP contribution is -2.58. The molecule has 1 amide bonds. The number of alkyl halides is 3. The smallest absolute Gasteiger partial charge is 0.475 e. The molecule has 186 valence electrons. The predicted octanol–water partition coefficient (Wildman–Crippen LogP) is 3.24. The third-order valence-corrected chi connectivity index (χ3v) is 5.91. The van der Waals surface area contributed by atoms with Crippen molar-refractivity contribution in [2.45, 2.75) is 45.1 Å². The molecule has 1 N–H and O–H groups in total. The van der Waals surface area contributed by atoms with Gasteiger partial charge in [-0.2, -0.15) is 13.2 Å². The zero-order chi connectivity index (χ0) is 24.8. The molecule has 12 heteroatoms. The number of fused-ring (bicyclic) bond motifs is 1. The third-order valence-electron chi connectivity index (χ3n) is 5.91. The van der Waals surface area contributed by atoms with Gasteiger partial charge in [0.15, 0.2) is 0 Å². The molecule has 0 aliphatic carbocycles. The highest BCUT2D eigenvalue weighted by molar-refractivity contribution is 5.95. The predicted molar refractivity (Wildman–Crippen MR) is 111 cm³/mol. The Morgan fingerprint density at radius 2 is 2.03 bits per heavy atom. The number of hydrogen-bond donors (Lipinski definition) is 1. The van der Waals surface area contributed by atoms with Gasteiger partial charge in [0.05, 0.1) is 25.0 Å². The minimum atomic E-state index is -5.08. The standard InChI is InChI=1S/C20H25N3O4.C2HF3O2/c1-15-17(12-27-22-15)19(24)23-9-5-18-20(13-23,6-2-10-26-18)14-25-11-16-3-7-21-8-4-16;3-2(4,5)1(6)7/h3-4,7-8,12,18H,2,5-6,9-11,13-14H2,1H3;(H,6,7). The van der Waals surface area contributed by atoms with Crippen molar-refractivity contribution >= 4 is 11.9 Å². The molecule has 34 heavy (non-hydrogen) atoms. The van der Waals surface area contributed by atoms with E-state index < -0.39 is 12.1 Å².